The molecule has 0 saturated heterocycles. The van der Waals surface area contributed by atoms with Crippen molar-refractivity contribution in [3.8, 4) is 11.6 Å². The van der Waals surface area contributed by atoms with Crippen molar-refractivity contribution in [1.29, 1.82) is 0 Å². The van der Waals surface area contributed by atoms with Gasteiger partial charge in [0.2, 0.25) is 0 Å². The van der Waals surface area contributed by atoms with Gasteiger partial charge in [0, 0.05) is 6.54 Å². The van der Waals surface area contributed by atoms with E-state index in [0.29, 0.717) is 17.3 Å². The lowest BCUT2D eigenvalue weighted by atomic mass is 10.2. The smallest absolute Gasteiger partial charge is 0.262 e. The molecule has 1 N–H and O–H groups in total. The van der Waals surface area contributed by atoms with Gasteiger partial charge in [0.1, 0.15) is 24.1 Å². The van der Waals surface area contributed by atoms with E-state index >= 15 is 0 Å². The van der Waals surface area contributed by atoms with Gasteiger partial charge in [0.05, 0.1) is 5.69 Å². The van der Waals surface area contributed by atoms with Crippen molar-refractivity contribution in [3.63, 3.8) is 0 Å². The number of ether oxygens (including phenoxy) is 1. The summed E-state index contributed by atoms with van der Waals surface area (Å²) in [5, 5.41) is 15.1. The normalized spacial score (nSPS) is 10.7. The molecule has 1 amide bonds. The van der Waals surface area contributed by atoms with E-state index in [0.717, 1.165) is 24.2 Å². The molecule has 0 aliphatic carbocycles. The summed E-state index contributed by atoms with van der Waals surface area (Å²) >= 11 is 0. The lowest BCUT2D eigenvalue weighted by molar-refractivity contribution is -0.118. The fraction of sp³-hybridized carbons (Fsp3) is 0.333. The largest absolute Gasteiger partial charge is 0.483 e. The van der Waals surface area contributed by atoms with E-state index < -0.39 is 0 Å². The fourth-order valence-electron chi connectivity index (χ4n) is 2.63. The molecule has 0 atom stereocenters. The Kier molecular flexibility index (Phi) is 5.31. The number of carbonyl (C=O) groups excluding carboxylic acids is 1. The minimum Gasteiger partial charge on any atom is -0.483 e. The fourth-order valence-corrected chi connectivity index (χ4v) is 2.63. The van der Waals surface area contributed by atoms with Crippen LogP contribution >= 0.6 is 0 Å². The van der Waals surface area contributed by atoms with Crippen LogP contribution in [0.3, 0.4) is 0 Å². The van der Waals surface area contributed by atoms with E-state index in [2.05, 4.69) is 27.5 Å². The van der Waals surface area contributed by atoms with Crippen LogP contribution in [0.4, 0.5) is 5.69 Å². The molecule has 0 spiro atoms. The second-order valence-corrected chi connectivity index (χ2v) is 5.98. The van der Waals surface area contributed by atoms with Gasteiger partial charge in [-0.3, -0.25) is 14.0 Å². The average Bonchev–Trinajstić information content (AvgIpc) is 3.25. The van der Waals surface area contributed by atoms with E-state index in [9.17, 15) is 4.79 Å². The SMILES string of the molecule is CCCn1nc(-n2cnnc2)c(NC(=O)COc2ccccc2C)c1C. The number of aryl methyl sites for hydroxylation is 2. The molecule has 0 saturated carbocycles. The molecule has 8 heteroatoms. The van der Waals surface area contributed by atoms with Crippen LogP contribution < -0.4 is 10.1 Å². The Morgan fingerprint density at radius 3 is 2.62 bits per heavy atom. The monoisotopic (exact) mass is 354 g/mol. The summed E-state index contributed by atoms with van der Waals surface area (Å²) in [7, 11) is 0. The highest BCUT2D eigenvalue weighted by Gasteiger charge is 2.18. The number of rotatable bonds is 7. The third-order valence-corrected chi connectivity index (χ3v) is 4.00. The lowest BCUT2D eigenvalue weighted by Gasteiger charge is -2.10. The first-order valence-electron chi connectivity index (χ1n) is 8.50. The molecule has 26 heavy (non-hydrogen) atoms. The van der Waals surface area contributed by atoms with Crippen molar-refractivity contribution in [2.24, 2.45) is 0 Å². The zero-order valence-corrected chi connectivity index (χ0v) is 15.1. The number of anilines is 1. The summed E-state index contributed by atoms with van der Waals surface area (Å²) in [6.07, 6.45) is 4.04. The van der Waals surface area contributed by atoms with Crippen molar-refractivity contribution < 1.29 is 9.53 Å². The number of amides is 1. The number of hydrogen-bond donors (Lipinski definition) is 1. The molecule has 0 unspecified atom stereocenters. The highest BCUT2D eigenvalue weighted by molar-refractivity contribution is 5.94. The molecule has 2 aromatic heterocycles. The molecular weight excluding hydrogens is 332 g/mol. The molecule has 8 nitrogen and oxygen atoms in total. The van der Waals surface area contributed by atoms with Crippen LogP contribution in [0.15, 0.2) is 36.9 Å². The number of carbonyl (C=O) groups is 1. The van der Waals surface area contributed by atoms with Gasteiger partial charge in [-0.25, -0.2) is 0 Å². The maximum absolute atomic E-state index is 12.4. The van der Waals surface area contributed by atoms with Gasteiger partial charge in [-0.2, -0.15) is 5.10 Å². The van der Waals surface area contributed by atoms with Crippen molar-refractivity contribution in [3.05, 3.63) is 48.2 Å². The van der Waals surface area contributed by atoms with Gasteiger partial charge in [-0.05, 0) is 31.9 Å². The standard InChI is InChI=1S/C18H22N6O2/c1-4-9-24-14(3)17(18(22-24)23-11-19-20-12-23)21-16(25)10-26-15-8-6-5-7-13(15)2/h5-8,11-12H,4,9-10H2,1-3H3,(H,21,25). The predicted molar refractivity (Wildman–Crippen MR) is 97.5 cm³/mol. The number of para-hydroxylation sites is 1. The molecule has 1 aromatic carbocycles. The van der Waals surface area contributed by atoms with Crippen LogP contribution in [0, 0.1) is 13.8 Å². The van der Waals surface area contributed by atoms with E-state index in [1.165, 1.54) is 0 Å². The zero-order chi connectivity index (χ0) is 18.5. The van der Waals surface area contributed by atoms with Gasteiger partial charge in [0.25, 0.3) is 5.91 Å². The third-order valence-electron chi connectivity index (χ3n) is 4.00. The van der Waals surface area contributed by atoms with E-state index in [4.69, 9.17) is 4.74 Å². The number of nitrogens with zero attached hydrogens (tertiary/aromatic N) is 5. The minimum atomic E-state index is -0.248. The first kappa shape index (κ1) is 17.7. The maximum Gasteiger partial charge on any atom is 0.262 e. The number of hydrogen-bond acceptors (Lipinski definition) is 5. The van der Waals surface area contributed by atoms with Crippen LogP contribution in [0.1, 0.15) is 24.6 Å². The van der Waals surface area contributed by atoms with Crippen LogP contribution in [0.5, 0.6) is 5.75 Å². The minimum absolute atomic E-state index is 0.0785. The Hall–Kier alpha value is -3.16. The highest BCUT2D eigenvalue weighted by atomic mass is 16.5. The molecule has 0 aliphatic heterocycles. The van der Waals surface area contributed by atoms with Crippen LogP contribution in [-0.2, 0) is 11.3 Å². The average molecular weight is 354 g/mol. The van der Waals surface area contributed by atoms with Crippen molar-refractivity contribution in [1.82, 2.24) is 24.5 Å². The second-order valence-electron chi connectivity index (χ2n) is 5.98. The highest BCUT2D eigenvalue weighted by Crippen LogP contribution is 2.24. The predicted octanol–water partition coefficient (Wildman–Crippen LogP) is 2.51. The number of nitrogens with one attached hydrogen (secondary N) is 1. The molecule has 3 rings (SSSR count). The molecule has 0 aliphatic rings. The maximum atomic E-state index is 12.4. The molecule has 0 fully saturated rings. The summed E-state index contributed by atoms with van der Waals surface area (Å²) in [5.41, 5.74) is 2.49. The van der Waals surface area contributed by atoms with Gasteiger partial charge in [-0.1, -0.05) is 25.1 Å². The Morgan fingerprint density at radius 1 is 1.19 bits per heavy atom. The number of aromatic nitrogens is 5. The Labute approximate surface area is 151 Å². The van der Waals surface area contributed by atoms with Crippen molar-refractivity contribution >= 4 is 11.6 Å². The summed E-state index contributed by atoms with van der Waals surface area (Å²) in [5.74, 6) is 1.03. The van der Waals surface area contributed by atoms with Crippen LogP contribution in [0.2, 0.25) is 0 Å². The summed E-state index contributed by atoms with van der Waals surface area (Å²) in [6, 6.07) is 7.59. The van der Waals surface area contributed by atoms with Crippen molar-refractivity contribution in [2.45, 2.75) is 33.7 Å². The van der Waals surface area contributed by atoms with E-state index in [-0.39, 0.29) is 12.5 Å². The molecule has 2 heterocycles. The van der Waals surface area contributed by atoms with Gasteiger partial charge in [0.15, 0.2) is 12.4 Å². The summed E-state index contributed by atoms with van der Waals surface area (Å²) < 4.78 is 9.17. The molecule has 0 radical (unpaired) electrons. The summed E-state index contributed by atoms with van der Waals surface area (Å²) in [6.45, 7) is 6.62. The zero-order valence-electron chi connectivity index (χ0n) is 15.1. The second kappa shape index (κ2) is 7.81. The molecule has 136 valence electrons. The molecular formula is C18H22N6O2. The topological polar surface area (TPSA) is 86.9 Å². The molecule has 3 aromatic rings. The molecule has 0 bridgehead atoms. The summed E-state index contributed by atoms with van der Waals surface area (Å²) in [4.78, 5) is 12.4. The lowest BCUT2D eigenvalue weighted by Crippen LogP contribution is -2.21. The van der Waals surface area contributed by atoms with Crippen molar-refractivity contribution in [2.75, 3.05) is 11.9 Å². The van der Waals surface area contributed by atoms with Crippen LogP contribution in [-0.4, -0.2) is 37.1 Å². The van der Waals surface area contributed by atoms with E-state index in [1.807, 2.05) is 42.8 Å². The Morgan fingerprint density at radius 2 is 1.92 bits per heavy atom. The Bertz CT molecular complexity index is 885. The van der Waals surface area contributed by atoms with Gasteiger partial charge < -0.3 is 10.1 Å². The third kappa shape index (κ3) is 3.74. The number of benzene rings is 1. The first-order valence-corrected chi connectivity index (χ1v) is 8.50. The van der Waals surface area contributed by atoms with Gasteiger partial charge in [-0.15, -0.1) is 10.2 Å². The quantitative estimate of drug-likeness (QED) is 0.704. The van der Waals surface area contributed by atoms with E-state index in [1.54, 1.807) is 17.2 Å². The van der Waals surface area contributed by atoms with Gasteiger partial charge >= 0.3 is 0 Å². The first-order chi connectivity index (χ1) is 12.6. The van der Waals surface area contributed by atoms with Crippen LogP contribution in [0.25, 0.3) is 5.82 Å². The Balaban J connectivity index is 1.78.